The Hall–Kier alpha value is -2.17. The molecule has 26 heavy (non-hydrogen) atoms. The molecule has 0 aliphatic carbocycles. The van der Waals surface area contributed by atoms with Crippen molar-refractivity contribution in [2.75, 3.05) is 13.1 Å². The van der Waals surface area contributed by atoms with E-state index in [1.807, 2.05) is 11.0 Å². The van der Waals surface area contributed by atoms with E-state index in [2.05, 4.69) is 25.8 Å². The van der Waals surface area contributed by atoms with Crippen LogP contribution in [0.2, 0.25) is 0 Å². The van der Waals surface area contributed by atoms with Gasteiger partial charge in [0.1, 0.15) is 11.6 Å². The van der Waals surface area contributed by atoms with Crippen LogP contribution in [-0.4, -0.2) is 28.9 Å². The Bertz CT molecular complexity index is 763. The van der Waals surface area contributed by atoms with Crippen LogP contribution in [0, 0.1) is 11.2 Å². The van der Waals surface area contributed by atoms with E-state index in [4.69, 9.17) is 4.42 Å². The third-order valence-electron chi connectivity index (χ3n) is 4.70. The average molecular weight is 358 g/mol. The molecule has 0 bridgehead atoms. The number of aromatic nitrogens is 1. The molecule has 1 aromatic carbocycles. The topological polar surface area (TPSA) is 46.3 Å². The van der Waals surface area contributed by atoms with E-state index in [1.165, 1.54) is 6.07 Å². The summed E-state index contributed by atoms with van der Waals surface area (Å²) < 4.78 is 19.7. The molecule has 2 aromatic rings. The van der Waals surface area contributed by atoms with Crippen LogP contribution >= 0.6 is 0 Å². The van der Waals surface area contributed by atoms with Crippen molar-refractivity contribution in [3.8, 4) is 0 Å². The van der Waals surface area contributed by atoms with Crippen LogP contribution in [0.5, 0.6) is 0 Å². The van der Waals surface area contributed by atoms with Crippen LogP contribution in [0.4, 0.5) is 4.39 Å². The molecule has 1 amide bonds. The third-order valence-corrected chi connectivity index (χ3v) is 4.70. The largest absolute Gasteiger partial charge is 0.445 e. The van der Waals surface area contributed by atoms with Gasteiger partial charge in [-0.15, -0.1) is 0 Å². The maximum atomic E-state index is 13.8. The van der Waals surface area contributed by atoms with Crippen LogP contribution in [0.1, 0.15) is 63.2 Å². The van der Waals surface area contributed by atoms with E-state index < -0.39 is 0 Å². The summed E-state index contributed by atoms with van der Waals surface area (Å²) in [5.74, 6) is 1.39. The molecular weight excluding hydrogens is 331 g/mol. The van der Waals surface area contributed by atoms with Gasteiger partial charge < -0.3 is 9.32 Å². The fourth-order valence-corrected chi connectivity index (χ4v) is 3.39. The van der Waals surface area contributed by atoms with E-state index in [0.29, 0.717) is 36.6 Å². The van der Waals surface area contributed by atoms with Crippen LogP contribution in [0.3, 0.4) is 0 Å². The summed E-state index contributed by atoms with van der Waals surface area (Å²) in [6.07, 6.45) is 4.52. The number of rotatable bonds is 4. The number of hydrogen-bond donors (Lipinski definition) is 0. The molecule has 0 spiro atoms. The van der Waals surface area contributed by atoms with Gasteiger partial charge in [-0.1, -0.05) is 39.0 Å². The lowest BCUT2D eigenvalue weighted by molar-refractivity contribution is -0.134. The van der Waals surface area contributed by atoms with Crippen LogP contribution in [0.15, 0.2) is 34.9 Å². The number of carbonyl (C=O) groups is 1. The minimum Gasteiger partial charge on any atom is -0.445 e. The van der Waals surface area contributed by atoms with E-state index in [0.717, 1.165) is 19.4 Å². The number of likely N-dealkylation sites (tertiary alicyclic amines) is 1. The molecule has 1 atom stereocenters. The van der Waals surface area contributed by atoms with Gasteiger partial charge in [0.05, 0.1) is 12.1 Å². The smallest absolute Gasteiger partial charge is 0.223 e. The van der Waals surface area contributed by atoms with E-state index in [9.17, 15) is 9.18 Å². The van der Waals surface area contributed by atoms with Crippen molar-refractivity contribution in [3.05, 3.63) is 53.5 Å². The maximum Gasteiger partial charge on any atom is 0.223 e. The van der Waals surface area contributed by atoms with Gasteiger partial charge in [0, 0.05) is 25.9 Å². The van der Waals surface area contributed by atoms with Crippen LogP contribution < -0.4 is 0 Å². The number of carbonyl (C=O) groups excluding carboxylic acids is 1. The minimum absolute atomic E-state index is 0.0140. The van der Waals surface area contributed by atoms with Gasteiger partial charge in [-0.3, -0.25) is 4.79 Å². The highest BCUT2D eigenvalue weighted by molar-refractivity contribution is 5.77. The van der Waals surface area contributed by atoms with Gasteiger partial charge in [0.25, 0.3) is 0 Å². The van der Waals surface area contributed by atoms with Gasteiger partial charge in [-0.2, -0.15) is 0 Å². The number of hydrogen-bond acceptors (Lipinski definition) is 3. The first-order chi connectivity index (χ1) is 12.3. The second kappa shape index (κ2) is 7.60. The molecular formula is C21H27FN2O2. The minimum atomic E-state index is -0.234. The lowest BCUT2D eigenvalue weighted by Gasteiger charge is -2.33. The van der Waals surface area contributed by atoms with Crippen molar-refractivity contribution >= 4 is 5.91 Å². The molecule has 1 aromatic heterocycles. The SMILES string of the molecule is CC(C)(C)CC(=O)N1CCCC(c2ncc(Cc3ccccc3F)o2)C1. The Morgan fingerprint density at radius 1 is 1.35 bits per heavy atom. The lowest BCUT2D eigenvalue weighted by atomic mass is 9.90. The van der Waals surface area contributed by atoms with E-state index in [-0.39, 0.29) is 23.1 Å². The summed E-state index contributed by atoms with van der Waals surface area (Å²) in [4.78, 5) is 18.8. The molecule has 5 heteroatoms. The Kier molecular flexibility index (Phi) is 5.44. The molecule has 1 aliphatic heterocycles. The molecule has 0 N–H and O–H groups in total. The molecule has 1 fully saturated rings. The van der Waals surface area contributed by atoms with Crippen LogP contribution in [-0.2, 0) is 11.2 Å². The summed E-state index contributed by atoms with van der Waals surface area (Å²) in [6.45, 7) is 7.68. The number of nitrogens with zero attached hydrogens (tertiary/aromatic N) is 2. The highest BCUT2D eigenvalue weighted by Crippen LogP contribution is 2.29. The summed E-state index contributed by atoms with van der Waals surface area (Å²) in [7, 11) is 0. The van der Waals surface area contributed by atoms with Gasteiger partial charge in [0.15, 0.2) is 5.89 Å². The van der Waals surface area contributed by atoms with Gasteiger partial charge in [-0.05, 0) is 29.9 Å². The summed E-state index contributed by atoms with van der Waals surface area (Å²) >= 11 is 0. The number of halogens is 1. The third kappa shape index (κ3) is 4.71. The molecule has 1 aliphatic rings. The molecule has 3 rings (SSSR count). The zero-order valence-corrected chi connectivity index (χ0v) is 15.8. The first-order valence-corrected chi connectivity index (χ1v) is 9.27. The number of amides is 1. The zero-order valence-electron chi connectivity index (χ0n) is 15.8. The highest BCUT2D eigenvalue weighted by Gasteiger charge is 2.29. The monoisotopic (exact) mass is 358 g/mol. The number of piperidine rings is 1. The summed E-state index contributed by atoms with van der Waals surface area (Å²) in [5, 5.41) is 0. The summed E-state index contributed by atoms with van der Waals surface area (Å²) in [5.41, 5.74) is 0.584. The molecule has 140 valence electrons. The van der Waals surface area contributed by atoms with E-state index in [1.54, 1.807) is 18.3 Å². The van der Waals surface area contributed by atoms with E-state index >= 15 is 0 Å². The van der Waals surface area contributed by atoms with Crippen molar-refractivity contribution in [2.45, 2.75) is 52.4 Å². The molecule has 2 heterocycles. The summed E-state index contributed by atoms with van der Waals surface area (Å²) in [6, 6.07) is 6.70. The predicted octanol–water partition coefficient (Wildman–Crippen LogP) is 4.55. The average Bonchev–Trinajstić information content (AvgIpc) is 3.04. The zero-order chi connectivity index (χ0) is 18.7. The molecule has 1 saturated heterocycles. The molecule has 1 unspecified atom stereocenters. The van der Waals surface area contributed by atoms with Crippen LogP contribution in [0.25, 0.3) is 0 Å². The number of benzene rings is 1. The maximum absolute atomic E-state index is 13.8. The predicted molar refractivity (Wildman–Crippen MR) is 98.3 cm³/mol. The number of oxazole rings is 1. The van der Waals surface area contributed by atoms with Crippen molar-refractivity contribution < 1.29 is 13.6 Å². The van der Waals surface area contributed by atoms with Crippen molar-refractivity contribution in [2.24, 2.45) is 5.41 Å². The van der Waals surface area contributed by atoms with Crippen molar-refractivity contribution in [1.82, 2.24) is 9.88 Å². The molecule has 4 nitrogen and oxygen atoms in total. The standard InChI is InChI=1S/C21H27FN2O2/c1-21(2,3)12-19(25)24-10-6-8-16(14-24)20-23-13-17(26-20)11-15-7-4-5-9-18(15)22/h4-5,7,9,13,16H,6,8,10-12,14H2,1-3H3. The first-order valence-electron chi connectivity index (χ1n) is 9.27. The van der Waals surface area contributed by atoms with Gasteiger partial charge in [0.2, 0.25) is 5.91 Å². The Morgan fingerprint density at radius 3 is 2.85 bits per heavy atom. The van der Waals surface area contributed by atoms with Crippen molar-refractivity contribution in [3.63, 3.8) is 0 Å². The van der Waals surface area contributed by atoms with Gasteiger partial charge in [-0.25, -0.2) is 9.37 Å². The molecule has 0 saturated carbocycles. The lowest BCUT2D eigenvalue weighted by Crippen LogP contribution is -2.40. The highest BCUT2D eigenvalue weighted by atomic mass is 19.1. The Balaban J connectivity index is 1.65. The fourth-order valence-electron chi connectivity index (χ4n) is 3.39. The normalized spacial score (nSPS) is 18.2. The van der Waals surface area contributed by atoms with Crippen molar-refractivity contribution in [1.29, 1.82) is 0 Å². The van der Waals surface area contributed by atoms with Gasteiger partial charge >= 0.3 is 0 Å². The second-order valence-electron chi connectivity index (χ2n) is 8.35. The fraction of sp³-hybridized carbons (Fsp3) is 0.524. The Labute approximate surface area is 154 Å². The molecule has 0 radical (unpaired) electrons. The Morgan fingerprint density at radius 2 is 2.12 bits per heavy atom. The first kappa shape index (κ1) is 18.6. The second-order valence-corrected chi connectivity index (χ2v) is 8.35. The quantitative estimate of drug-likeness (QED) is 0.806.